The van der Waals surface area contributed by atoms with Gasteiger partial charge in [0.25, 0.3) is 0 Å². The van der Waals surface area contributed by atoms with Crippen LogP contribution in [0.1, 0.15) is 35.7 Å². The van der Waals surface area contributed by atoms with Crippen molar-refractivity contribution in [2.24, 2.45) is 0 Å². The number of rotatable bonds is 8. The van der Waals surface area contributed by atoms with Crippen molar-refractivity contribution < 1.29 is 34.4 Å². The van der Waals surface area contributed by atoms with E-state index in [0.29, 0.717) is 18.4 Å². The third kappa shape index (κ3) is 8.32. The molecule has 2 aromatic rings. The largest absolute Gasteiger partial charge is 0.492 e. The highest BCUT2D eigenvalue weighted by atomic mass is 16.5. The van der Waals surface area contributed by atoms with Crippen LogP contribution in [0.15, 0.2) is 36.7 Å². The summed E-state index contributed by atoms with van der Waals surface area (Å²) in [4.78, 5) is 42.6. The molecule has 2 heterocycles. The number of nitrogens with zero attached hydrogens (tertiary/aromatic N) is 4. The van der Waals surface area contributed by atoms with Crippen molar-refractivity contribution in [3.63, 3.8) is 0 Å². The van der Waals surface area contributed by atoms with Gasteiger partial charge in [0, 0.05) is 38.1 Å². The number of carboxylic acids is 3. The molecule has 1 aliphatic rings. The van der Waals surface area contributed by atoms with E-state index < -0.39 is 17.9 Å². The number of aromatic nitrogens is 2. The SMILES string of the molecule is CCc1cnc(N2CCC(N(C)CCOc3ccc(C(=O)O)cc3)CC2)nc1.O=C(O)C(=O)O. The van der Waals surface area contributed by atoms with E-state index in [0.717, 1.165) is 50.4 Å². The molecule has 11 heteroatoms. The van der Waals surface area contributed by atoms with Gasteiger partial charge in [-0.3, -0.25) is 4.90 Å². The van der Waals surface area contributed by atoms with Gasteiger partial charge in [-0.25, -0.2) is 24.4 Å². The first kappa shape index (κ1) is 26.5. The fourth-order valence-corrected chi connectivity index (χ4v) is 3.38. The zero-order valence-corrected chi connectivity index (χ0v) is 19.3. The molecular formula is C23H30N4O7. The second-order valence-electron chi connectivity index (χ2n) is 7.73. The molecule has 1 fully saturated rings. The van der Waals surface area contributed by atoms with Crippen molar-refractivity contribution in [2.75, 3.05) is 38.2 Å². The number of hydrogen-bond acceptors (Lipinski definition) is 8. The van der Waals surface area contributed by atoms with Crippen LogP contribution < -0.4 is 9.64 Å². The summed E-state index contributed by atoms with van der Waals surface area (Å²) in [5.74, 6) is -3.05. The standard InChI is InChI=1S/C21H28N4O3.C2H2O4/c1-3-16-14-22-21(23-15-16)25-10-8-18(9-11-25)24(2)12-13-28-19-6-4-17(5-7-19)20(26)27;3-1(4)2(5)6/h4-7,14-15,18H,3,8-13H2,1-2H3,(H,26,27);(H,3,4)(H,5,6). The Kier molecular flexibility index (Phi) is 10.2. The predicted octanol–water partition coefficient (Wildman–Crippen LogP) is 1.87. The Bertz CT molecular complexity index is 931. The van der Waals surface area contributed by atoms with E-state index in [4.69, 9.17) is 29.6 Å². The number of ether oxygens (including phenoxy) is 1. The number of aryl methyl sites for hydroxylation is 1. The van der Waals surface area contributed by atoms with Gasteiger partial charge in [0.15, 0.2) is 0 Å². The van der Waals surface area contributed by atoms with Crippen LogP contribution in [0.2, 0.25) is 0 Å². The minimum Gasteiger partial charge on any atom is -0.492 e. The van der Waals surface area contributed by atoms with Crippen LogP contribution >= 0.6 is 0 Å². The molecule has 11 nitrogen and oxygen atoms in total. The van der Waals surface area contributed by atoms with E-state index in [1.165, 1.54) is 0 Å². The van der Waals surface area contributed by atoms with E-state index in [1.807, 2.05) is 12.4 Å². The molecule has 0 saturated carbocycles. The van der Waals surface area contributed by atoms with E-state index in [-0.39, 0.29) is 5.56 Å². The van der Waals surface area contributed by atoms with Gasteiger partial charge in [0.2, 0.25) is 5.95 Å². The molecule has 1 aromatic carbocycles. The highest BCUT2D eigenvalue weighted by Crippen LogP contribution is 2.19. The molecule has 0 spiro atoms. The molecule has 1 saturated heterocycles. The summed E-state index contributed by atoms with van der Waals surface area (Å²) < 4.78 is 5.75. The molecule has 34 heavy (non-hydrogen) atoms. The lowest BCUT2D eigenvalue weighted by atomic mass is 10.0. The summed E-state index contributed by atoms with van der Waals surface area (Å²) in [5, 5.41) is 23.7. The first-order chi connectivity index (χ1) is 16.2. The number of piperidine rings is 1. The third-order valence-electron chi connectivity index (χ3n) is 5.47. The minimum absolute atomic E-state index is 0.268. The molecule has 0 amide bonds. The van der Waals surface area contributed by atoms with Crippen LogP contribution in [-0.4, -0.2) is 87.4 Å². The fourth-order valence-electron chi connectivity index (χ4n) is 3.38. The van der Waals surface area contributed by atoms with Gasteiger partial charge in [-0.2, -0.15) is 0 Å². The maximum Gasteiger partial charge on any atom is 0.414 e. The lowest BCUT2D eigenvalue weighted by Crippen LogP contribution is -2.45. The molecule has 3 rings (SSSR count). The van der Waals surface area contributed by atoms with Crippen LogP contribution in [0.25, 0.3) is 0 Å². The van der Waals surface area contributed by atoms with E-state index in [2.05, 4.69) is 33.7 Å². The number of benzene rings is 1. The first-order valence-corrected chi connectivity index (χ1v) is 10.9. The molecule has 0 bridgehead atoms. The van der Waals surface area contributed by atoms with Crippen LogP contribution in [0.5, 0.6) is 5.75 Å². The van der Waals surface area contributed by atoms with Crippen LogP contribution in [0, 0.1) is 0 Å². The quantitative estimate of drug-likeness (QED) is 0.480. The zero-order valence-electron chi connectivity index (χ0n) is 19.3. The summed E-state index contributed by atoms with van der Waals surface area (Å²) in [7, 11) is 2.13. The number of aromatic carboxylic acids is 1. The smallest absolute Gasteiger partial charge is 0.414 e. The molecule has 0 unspecified atom stereocenters. The summed E-state index contributed by atoms with van der Waals surface area (Å²) in [6.07, 6.45) is 6.94. The van der Waals surface area contributed by atoms with Crippen molar-refractivity contribution in [2.45, 2.75) is 32.2 Å². The van der Waals surface area contributed by atoms with E-state index in [1.54, 1.807) is 24.3 Å². The molecule has 3 N–H and O–H groups in total. The Morgan fingerprint density at radius 3 is 2.06 bits per heavy atom. The third-order valence-corrected chi connectivity index (χ3v) is 5.47. The first-order valence-electron chi connectivity index (χ1n) is 10.9. The van der Waals surface area contributed by atoms with E-state index >= 15 is 0 Å². The average Bonchev–Trinajstić information content (AvgIpc) is 2.84. The van der Waals surface area contributed by atoms with Gasteiger partial charge in [-0.05, 0) is 56.1 Å². The summed E-state index contributed by atoms with van der Waals surface area (Å²) in [5.41, 5.74) is 1.43. The van der Waals surface area contributed by atoms with Gasteiger partial charge in [-0.1, -0.05) is 6.92 Å². The zero-order chi connectivity index (χ0) is 25.1. The van der Waals surface area contributed by atoms with Crippen LogP contribution in [0.3, 0.4) is 0 Å². The molecule has 0 radical (unpaired) electrons. The molecule has 0 atom stereocenters. The second kappa shape index (κ2) is 13.1. The van der Waals surface area contributed by atoms with Crippen LogP contribution in [-0.2, 0) is 16.0 Å². The van der Waals surface area contributed by atoms with Gasteiger partial charge in [0.05, 0.1) is 5.56 Å². The second-order valence-corrected chi connectivity index (χ2v) is 7.73. The Balaban J connectivity index is 0.000000604. The highest BCUT2D eigenvalue weighted by molar-refractivity contribution is 6.27. The van der Waals surface area contributed by atoms with Crippen molar-refractivity contribution in [1.82, 2.24) is 14.9 Å². The summed E-state index contributed by atoms with van der Waals surface area (Å²) in [6.45, 7) is 5.42. The van der Waals surface area contributed by atoms with Gasteiger partial charge < -0.3 is 25.0 Å². The Morgan fingerprint density at radius 2 is 1.59 bits per heavy atom. The number of anilines is 1. The number of aliphatic carboxylic acids is 2. The normalized spacial score (nSPS) is 13.7. The Morgan fingerprint density at radius 1 is 1.03 bits per heavy atom. The maximum absolute atomic E-state index is 10.9. The Hall–Kier alpha value is -3.73. The maximum atomic E-state index is 10.9. The van der Waals surface area contributed by atoms with Gasteiger partial charge >= 0.3 is 17.9 Å². The van der Waals surface area contributed by atoms with Crippen molar-refractivity contribution >= 4 is 23.9 Å². The van der Waals surface area contributed by atoms with Crippen LogP contribution in [0.4, 0.5) is 5.95 Å². The lowest BCUT2D eigenvalue weighted by Gasteiger charge is -2.36. The number of likely N-dealkylation sites (N-methyl/N-ethyl adjacent to an activating group) is 1. The molecule has 0 aliphatic carbocycles. The topological polar surface area (TPSA) is 153 Å². The van der Waals surface area contributed by atoms with E-state index in [9.17, 15) is 4.79 Å². The molecule has 1 aliphatic heterocycles. The summed E-state index contributed by atoms with van der Waals surface area (Å²) >= 11 is 0. The number of carboxylic acid groups (broad SMARTS) is 3. The highest BCUT2D eigenvalue weighted by Gasteiger charge is 2.23. The van der Waals surface area contributed by atoms with Crippen molar-refractivity contribution in [1.29, 1.82) is 0 Å². The lowest BCUT2D eigenvalue weighted by molar-refractivity contribution is -0.159. The molecular weight excluding hydrogens is 444 g/mol. The van der Waals surface area contributed by atoms with Gasteiger partial charge in [0.1, 0.15) is 12.4 Å². The molecule has 184 valence electrons. The Labute approximate surface area is 197 Å². The van der Waals surface area contributed by atoms with Crippen molar-refractivity contribution in [3.8, 4) is 5.75 Å². The van der Waals surface area contributed by atoms with Gasteiger partial charge in [-0.15, -0.1) is 0 Å². The number of carbonyl (C=O) groups is 3. The minimum atomic E-state index is -1.82. The summed E-state index contributed by atoms with van der Waals surface area (Å²) in [6, 6.07) is 7.04. The number of hydrogen-bond donors (Lipinski definition) is 3. The van der Waals surface area contributed by atoms with Crippen molar-refractivity contribution in [3.05, 3.63) is 47.8 Å². The fraction of sp³-hybridized carbons (Fsp3) is 0.435. The molecule has 1 aromatic heterocycles. The average molecular weight is 475 g/mol. The predicted molar refractivity (Wildman–Crippen MR) is 123 cm³/mol. The monoisotopic (exact) mass is 474 g/mol.